The van der Waals surface area contributed by atoms with Crippen LogP contribution in [0, 0.1) is 29.1 Å². The molecule has 0 radical (unpaired) electrons. The fourth-order valence-corrected chi connectivity index (χ4v) is 9.16. The Hall–Kier alpha value is -4.51. The number of hydrogen-bond acceptors (Lipinski definition) is 8. The maximum atomic E-state index is 15.1. The molecule has 2 aromatic carbocycles. The average molecular weight is 842 g/mol. The Bertz CT molecular complexity index is 1770. The SMILES string of the molecule is CCCCC(NC(=O)CCC(=O)C(=O)C(CCC)CC(=O)[C@@H]1C[C@@H](OCc2ccccc2)CN1C(=O)C(CC(=O)C(Cc1ccccc1)C(C)(C)C)C1CCCCC1)C(N)=O. The summed E-state index contributed by atoms with van der Waals surface area (Å²) in [4.78, 5) is 97.2. The number of hydrogen-bond donors (Lipinski definition) is 2. The maximum Gasteiger partial charge on any atom is 0.239 e. The van der Waals surface area contributed by atoms with Crippen LogP contribution in [0.3, 0.4) is 0 Å². The van der Waals surface area contributed by atoms with Crippen LogP contribution in [0.5, 0.6) is 0 Å². The molecule has 0 aromatic heterocycles. The summed E-state index contributed by atoms with van der Waals surface area (Å²) in [5.74, 6) is -5.01. The van der Waals surface area contributed by atoms with Gasteiger partial charge in [-0.15, -0.1) is 0 Å². The second kappa shape index (κ2) is 24.2. The third-order valence-corrected chi connectivity index (χ3v) is 12.8. The summed E-state index contributed by atoms with van der Waals surface area (Å²) in [5.41, 5.74) is 7.13. The zero-order chi connectivity index (χ0) is 44.5. The van der Waals surface area contributed by atoms with Crippen molar-refractivity contribution in [3.63, 3.8) is 0 Å². The Morgan fingerprint density at radius 2 is 1.46 bits per heavy atom. The zero-order valence-corrected chi connectivity index (χ0v) is 37.3. The molecular weight excluding hydrogens is 771 g/mol. The van der Waals surface area contributed by atoms with Crippen molar-refractivity contribution < 1.29 is 38.3 Å². The first-order valence-electron chi connectivity index (χ1n) is 22.8. The Kier molecular flexibility index (Phi) is 19.5. The van der Waals surface area contributed by atoms with E-state index in [4.69, 9.17) is 10.5 Å². The smallest absolute Gasteiger partial charge is 0.239 e. The predicted octanol–water partition coefficient (Wildman–Crippen LogP) is 7.69. The summed E-state index contributed by atoms with van der Waals surface area (Å²) in [7, 11) is 0. The van der Waals surface area contributed by atoms with Gasteiger partial charge in [-0.1, -0.05) is 134 Å². The molecule has 1 saturated heterocycles. The number of nitrogens with zero attached hydrogens (tertiary/aromatic N) is 1. The highest BCUT2D eigenvalue weighted by Crippen LogP contribution is 2.39. The number of nitrogens with two attached hydrogens (primary N) is 1. The van der Waals surface area contributed by atoms with Gasteiger partial charge in [-0.2, -0.15) is 0 Å². The lowest BCUT2D eigenvalue weighted by atomic mass is 9.70. The molecule has 61 heavy (non-hydrogen) atoms. The quantitative estimate of drug-likeness (QED) is 0.0959. The molecule has 11 nitrogen and oxygen atoms in total. The molecule has 11 heteroatoms. The van der Waals surface area contributed by atoms with Crippen molar-refractivity contribution in [3.8, 4) is 0 Å². The van der Waals surface area contributed by atoms with Gasteiger partial charge in [0, 0.05) is 56.4 Å². The molecule has 2 fully saturated rings. The predicted molar refractivity (Wildman–Crippen MR) is 236 cm³/mol. The van der Waals surface area contributed by atoms with Crippen LogP contribution in [-0.4, -0.2) is 70.5 Å². The van der Waals surface area contributed by atoms with Crippen molar-refractivity contribution in [1.82, 2.24) is 10.2 Å². The molecule has 1 saturated carbocycles. The molecule has 2 aliphatic rings. The fraction of sp³-hybridized carbons (Fsp3) is 0.620. The van der Waals surface area contributed by atoms with Gasteiger partial charge in [-0.25, -0.2) is 0 Å². The van der Waals surface area contributed by atoms with Gasteiger partial charge in [0.15, 0.2) is 11.6 Å². The lowest BCUT2D eigenvalue weighted by molar-refractivity contribution is -0.146. The topological polar surface area (TPSA) is 170 Å². The molecule has 3 N–H and O–H groups in total. The van der Waals surface area contributed by atoms with Crippen LogP contribution in [0.2, 0.25) is 0 Å². The van der Waals surface area contributed by atoms with E-state index in [9.17, 15) is 28.8 Å². The second-order valence-electron chi connectivity index (χ2n) is 18.6. The normalized spacial score (nSPS) is 19.1. The van der Waals surface area contributed by atoms with E-state index in [1.165, 1.54) is 0 Å². The number of likely N-dealkylation sites (tertiary alicyclic amines) is 1. The van der Waals surface area contributed by atoms with E-state index in [2.05, 4.69) is 26.1 Å². The van der Waals surface area contributed by atoms with Crippen molar-refractivity contribution in [1.29, 1.82) is 0 Å². The van der Waals surface area contributed by atoms with Gasteiger partial charge in [0.1, 0.15) is 11.8 Å². The summed E-state index contributed by atoms with van der Waals surface area (Å²) in [6.07, 6.45) is 6.94. The Labute approximate surface area is 363 Å². The molecule has 6 atom stereocenters. The molecule has 2 aromatic rings. The second-order valence-corrected chi connectivity index (χ2v) is 18.6. The van der Waals surface area contributed by atoms with Crippen molar-refractivity contribution in [2.24, 2.45) is 34.8 Å². The van der Waals surface area contributed by atoms with E-state index in [0.717, 1.165) is 49.7 Å². The number of unbranched alkanes of at least 4 members (excludes halogenated alkanes) is 1. The van der Waals surface area contributed by atoms with Crippen LogP contribution in [0.15, 0.2) is 60.7 Å². The minimum absolute atomic E-state index is 0.00304. The molecule has 4 rings (SSSR count). The van der Waals surface area contributed by atoms with E-state index in [1.807, 2.05) is 74.5 Å². The number of ketones is 4. The number of Topliss-reactive ketones (excluding diaryl/α,β-unsaturated/α-hetero) is 4. The van der Waals surface area contributed by atoms with Crippen LogP contribution in [0.4, 0.5) is 0 Å². The summed E-state index contributed by atoms with van der Waals surface area (Å²) < 4.78 is 6.36. The van der Waals surface area contributed by atoms with Gasteiger partial charge >= 0.3 is 0 Å². The first-order chi connectivity index (χ1) is 29.1. The van der Waals surface area contributed by atoms with E-state index in [0.29, 0.717) is 32.3 Å². The number of primary amides is 1. The molecule has 0 bridgehead atoms. The van der Waals surface area contributed by atoms with Crippen LogP contribution in [0.1, 0.15) is 142 Å². The Morgan fingerprint density at radius 3 is 2.05 bits per heavy atom. The summed E-state index contributed by atoms with van der Waals surface area (Å²) >= 11 is 0. The standard InChI is InChI=1S/C50H71N3O8/c1-6-8-25-41(48(51)59)52-46(57)27-26-43(54)47(58)37(18-7-2)29-45(56)42-30-38(61-33-35-21-14-10-15-22-35)32-53(42)49(60)39(36-23-16-11-17-24-36)31-44(55)40(50(3,4)5)28-34-19-12-9-13-20-34/h9-10,12-15,19-22,36-42H,6-8,11,16-18,23-33H2,1-5H3,(H2,51,59)(H,52,57)/t37?,38-,39?,40?,41?,42+/m1/s1. The van der Waals surface area contributed by atoms with Gasteiger partial charge in [0.05, 0.1) is 18.8 Å². The van der Waals surface area contributed by atoms with E-state index in [-0.39, 0.29) is 79.8 Å². The fourth-order valence-electron chi connectivity index (χ4n) is 9.16. The van der Waals surface area contributed by atoms with Crippen molar-refractivity contribution >= 4 is 40.9 Å². The van der Waals surface area contributed by atoms with Crippen molar-refractivity contribution in [3.05, 3.63) is 71.8 Å². The van der Waals surface area contributed by atoms with Gasteiger partial charge in [0.2, 0.25) is 23.5 Å². The van der Waals surface area contributed by atoms with Crippen LogP contribution < -0.4 is 11.1 Å². The summed E-state index contributed by atoms with van der Waals surface area (Å²) in [5, 5.41) is 2.58. The number of rotatable bonds is 25. The van der Waals surface area contributed by atoms with E-state index < -0.39 is 53.4 Å². The Morgan fingerprint density at radius 1 is 0.820 bits per heavy atom. The van der Waals surface area contributed by atoms with Crippen molar-refractivity contribution in [2.75, 3.05) is 6.54 Å². The summed E-state index contributed by atoms with van der Waals surface area (Å²) in [6, 6.07) is 17.9. The third-order valence-electron chi connectivity index (χ3n) is 12.8. The molecule has 334 valence electrons. The number of carbonyl (C=O) groups is 7. The third kappa shape index (κ3) is 15.1. The molecular formula is C50H71N3O8. The number of ether oxygens (including phenoxy) is 1. The first-order valence-corrected chi connectivity index (χ1v) is 22.8. The first kappa shape index (κ1) is 49.1. The zero-order valence-electron chi connectivity index (χ0n) is 37.3. The van der Waals surface area contributed by atoms with E-state index in [1.54, 1.807) is 4.90 Å². The molecule has 0 spiro atoms. The monoisotopic (exact) mass is 842 g/mol. The largest absolute Gasteiger partial charge is 0.372 e. The molecule has 4 unspecified atom stereocenters. The van der Waals surface area contributed by atoms with Gasteiger partial charge < -0.3 is 20.7 Å². The molecule has 1 heterocycles. The van der Waals surface area contributed by atoms with Crippen LogP contribution in [0.25, 0.3) is 0 Å². The van der Waals surface area contributed by atoms with Crippen molar-refractivity contribution in [2.45, 2.75) is 162 Å². The highest BCUT2D eigenvalue weighted by atomic mass is 16.5. The van der Waals surface area contributed by atoms with Gasteiger partial charge in [-0.3, -0.25) is 33.6 Å². The lowest BCUT2D eigenvalue weighted by Gasteiger charge is -2.36. The molecule has 3 amide bonds. The summed E-state index contributed by atoms with van der Waals surface area (Å²) in [6.45, 7) is 10.5. The maximum absolute atomic E-state index is 15.1. The van der Waals surface area contributed by atoms with Crippen LogP contribution >= 0.6 is 0 Å². The van der Waals surface area contributed by atoms with Crippen LogP contribution in [-0.2, 0) is 51.3 Å². The minimum atomic E-state index is -0.918. The van der Waals surface area contributed by atoms with E-state index >= 15 is 4.79 Å². The molecule has 1 aliphatic heterocycles. The highest BCUT2D eigenvalue weighted by Gasteiger charge is 2.46. The number of nitrogens with one attached hydrogen (secondary N) is 1. The highest BCUT2D eigenvalue weighted by molar-refractivity contribution is 6.38. The molecule has 1 aliphatic carbocycles. The lowest BCUT2D eigenvalue weighted by Crippen LogP contribution is -2.47. The van der Waals surface area contributed by atoms with Gasteiger partial charge in [0.25, 0.3) is 0 Å². The average Bonchev–Trinajstić information content (AvgIpc) is 3.69. The number of benzene rings is 2. The minimum Gasteiger partial charge on any atom is -0.372 e. The Balaban J connectivity index is 1.56. The number of amides is 3. The number of carbonyl (C=O) groups excluding carboxylic acids is 7. The van der Waals surface area contributed by atoms with Gasteiger partial charge in [-0.05, 0) is 54.6 Å².